The highest BCUT2D eigenvalue weighted by Crippen LogP contribution is 2.60. The number of nitrogens with zero attached hydrogens (tertiary/aromatic N) is 1. The quantitative estimate of drug-likeness (QED) is 0.0823. The summed E-state index contributed by atoms with van der Waals surface area (Å²) in [6.45, 7) is -0.603. The molecule has 3 aromatic rings. The van der Waals surface area contributed by atoms with Crippen LogP contribution in [0.1, 0.15) is 32.7 Å². The van der Waals surface area contributed by atoms with Crippen LogP contribution in [-0.4, -0.2) is 56.7 Å². The average Bonchev–Trinajstić information content (AvgIpc) is 3.65. The summed E-state index contributed by atoms with van der Waals surface area (Å²) in [6.07, 6.45) is 0.830. The topological polar surface area (TPSA) is 107 Å². The first kappa shape index (κ1) is 31.9. The molecule has 0 spiro atoms. The second-order valence-electron chi connectivity index (χ2n) is 11.3. The van der Waals surface area contributed by atoms with Crippen LogP contribution in [0.25, 0.3) is 0 Å². The number of amides is 2. The molecule has 12 heteroatoms. The molecule has 232 valence electrons. The van der Waals surface area contributed by atoms with E-state index < -0.39 is 42.2 Å². The zero-order valence-electron chi connectivity index (χ0n) is 23.4. The maximum absolute atomic E-state index is 13.7. The van der Waals surface area contributed by atoms with Crippen LogP contribution < -0.4 is 4.74 Å². The Morgan fingerprint density at radius 3 is 2.02 bits per heavy atom. The lowest BCUT2D eigenvalue weighted by Crippen LogP contribution is -2.48. The molecule has 1 aliphatic heterocycles. The van der Waals surface area contributed by atoms with Gasteiger partial charge in [0.25, 0.3) is 0 Å². The fourth-order valence-corrected chi connectivity index (χ4v) is 8.78. The van der Waals surface area contributed by atoms with E-state index in [1.165, 1.54) is 42.5 Å². The van der Waals surface area contributed by atoms with Crippen molar-refractivity contribution in [1.29, 1.82) is 0 Å². The second kappa shape index (κ2) is 13.0. The van der Waals surface area contributed by atoms with Crippen LogP contribution in [-0.2, 0) is 25.5 Å². The van der Waals surface area contributed by atoms with Gasteiger partial charge in [0.2, 0.25) is 11.8 Å². The molecule has 3 fully saturated rings. The predicted octanol–water partition coefficient (Wildman–Crippen LogP) is 6.33. The van der Waals surface area contributed by atoms with E-state index in [2.05, 4.69) is 31.9 Å². The zero-order valence-corrected chi connectivity index (χ0v) is 28.1. The van der Waals surface area contributed by atoms with E-state index in [0.717, 1.165) is 16.9 Å². The Labute approximate surface area is 285 Å². The number of likely N-dealkylation sites (tertiary alicyclic amines) is 1. The number of imide groups is 1. The van der Waals surface area contributed by atoms with Gasteiger partial charge in [0, 0.05) is 21.6 Å². The number of ketones is 1. The number of alkyl halides is 2. The van der Waals surface area contributed by atoms with Crippen LogP contribution in [0.4, 0.5) is 0 Å². The zero-order chi connectivity index (χ0) is 32.0. The molecule has 7 atom stereocenters. The number of benzene rings is 3. The minimum Gasteiger partial charge on any atom is -0.456 e. The number of ether oxygens (including phenoxy) is 2. The molecule has 7 unspecified atom stereocenters. The van der Waals surface area contributed by atoms with Gasteiger partial charge >= 0.3 is 11.9 Å². The molecule has 2 bridgehead atoms. The summed E-state index contributed by atoms with van der Waals surface area (Å²) in [5.41, 5.74) is 1.16. The molecule has 3 aromatic carbocycles. The third-order valence-corrected chi connectivity index (χ3v) is 12.7. The van der Waals surface area contributed by atoms with Gasteiger partial charge in [-0.05, 0) is 66.3 Å². The number of hydrogen-bond donors (Lipinski definition) is 0. The van der Waals surface area contributed by atoms with Gasteiger partial charge in [0.15, 0.2) is 12.4 Å². The van der Waals surface area contributed by atoms with E-state index in [4.69, 9.17) is 32.7 Å². The van der Waals surface area contributed by atoms with Gasteiger partial charge < -0.3 is 9.47 Å². The minimum atomic E-state index is -1.21. The predicted molar refractivity (Wildman–Crippen MR) is 173 cm³/mol. The molecule has 3 aliphatic rings. The Bertz CT molecular complexity index is 1650. The van der Waals surface area contributed by atoms with Crippen LogP contribution in [0.2, 0.25) is 10.0 Å². The monoisotopic (exact) mass is 775 g/mol. The van der Waals surface area contributed by atoms with Crippen molar-refractivity contribution in [2.24, 2.45) is 23.7 Å². The van der Waals surface area contributed by atoms with Crippen molar-refractivity contribution in [2.45, 2.75) is 28.5 Å². The minimum absolute atomic E-state index is 0.00738. The Morgan fingerprint density at radius 1 is 0.822 bits per heavy atom. The second-order valence-corrected chi connectivity index (χ2v) is 14.3. The fourth-order valence-electron chi connectivity index (χ4n) is 6.61. The van der Waals surface area contributed by atoms with Crippen LogP contribution in [0.15, 0.2) is 72.8 Å². The Balaban J connectivity index is 1.13. The summed E-state index contributed by atoms with van der Waals surface area (Å²) in [6, 6.07) is 17.9. The molecule has 0 aromatic heterocycles. The Kier molecular flexibility index (Phi) is 9.21. The third kappa shape index (κ3) is 6.10. The van der Waals surface area contributed by atoms with Gasteiger partial charge in [-0.1, -0.05) is 85.4 Å². The lowest BCUT2D eigenvalue weighted by atomic mass is 9.81. The summed E-state index contributed by atoms with van der Waals surface area (Å²) < 4.78 is 10.8. The highest BCUT2D eigenvalue weighted by atomic mass is 79.9. The standard InChI is InChI=1S/C33H25Br2Cl2NO7/c34-28-20-14-21(29(28)35)27-26(20)30(40)38(31(27)41)24(12-16-4-2-1-3-5-16)33(43)44-15-25(39)17-6-9-19(10-7-17)45-32(42)18-8-11-22(36)23(37)13-18/h1-11,13,20-21,24,26-29H,12,14-15H2. The number of hydrogen-bond acceptors (Lipinski definition) is 7. The van der Waals surface area contributed by atoms with Crippen LogP contribution in [0, 0.1) is 23.7 Å². The smallest absolute Gasteiger partial charge is 0.343 e. The van der Waals surface area contributed by atoms with E-state index >= 15 is 0 Å². The fraction of sp³-hybridized carbons (Fsp3) is 0.303. The Morgan fingerprint density at radius 2 is 1.42 bits per heavy atom. The van der Waals surface area contributed by atoms with Crippen molar-refractivity contribution >= 4 is 84.6 Å². The molecule has 0 N–H and O–H groups in total. The lowest BCUT2D eigenvalue weighted by molar-refractivity contribution is -0.158. The number of Topliss-reactive ketones (excluding diaryl/α,β-unsaturated/α-hetero) is 1. The van der Waals surface area contributed by atoms with Gasteiger partial charge in [-0.25, -0.2) is 9.59 Å². The van der Waals surface area contributed by atoms with E-state index in [0.29, 0.717) is 5.02 Å². The number of rotatable bonds is 9. The first-order chi connectivity index (χ1) is 21.5. The summed E-state index contributed by atoms with van der Waals surface area (Å²) in [4.78, 5) is 67.6. The summed E-state index contributed by atoms with van der Waals surface area (Å²) >= 11 is 19.2. The number of carbonyl (C=O) groups excluding carboxylic acids is 5. The normalized spacial score (nSPS) is 25.6. The SMILES string of the molecule is O=C(COC(=O)C(Cc1ccccc1)N1C(=O)C2C3CC(C(Br)C3Br)C2C1=O)c1ccc(OC(=O)c2ccc(Cl)c(Cl)c2)cc1. The van der Waals surface area contributed by atoms with Gasteiger partial charge in [-0.2, -0.15) is 0 Å². The Hall–Kier alpha value is -3.05. The molecule has 1 heterocycles. The highest BCUT2D eigenvalue weighted by Gasteiger charge is 2.67. The summed E-state index contributed by atoms with van der Waals surface area (Å²) in [5.74, 6) is -3.54. The molecule has 2 amide bonds. The molecule has 2 aliphatic carbocycles. The average molecular weight is 778 g/mol. The molecule has 2 saturated carbocycles. The summed E-state index contributed by atoms with van der Waals surface area (Å²) in [5, 5.41) is 0.512. The maximum atomic E-state index is 13.7. The van der Waals surface area contributed by atoms with Crippen LogP contribution in [0.3, 0.4) is 0 Å². The van der Waals surface area contributed by atoms with Gasteiger partial charge in [-0.3, -0.25) is 19.3 Å². The van der Waals surface area contributed by atoms with Crippen molar-refractivity contribution < 1.29 is 33.4 Å². The van der Waals surface area contributed by atoms with Crippen molar-refractivity contribution in [3.8, 4) is 5.75 Å². The third-order valence-electron chi connectivity index (χ3n) is 8.76. The van der Waals surface area contributed by atoms with Crippen LogP contribution >= 0.6 is 55.1 Å². The van der Waals surface area contributed by atoms with Crippen LogP contribution in [0.5, 0.6) is 5.75 Å². The van der Waals surface area contributed by atoms with Crippen molar-refractivity contribution in [3.05, 3.63) is 99.5 Å². The van der Waals surface area contributed by atoms with Crippen molar-refractivity contribution in [2.75, 3.05) is 6.61 Å². The largest absolute Gasteiger partial charge is 0.456 e. The van der Waals surface area contributed by atoms with Gasteiger partial charge in [0.05, 0.1) is 27.4 Å². The highest BCUT2D eigenvalue weighted by molar-refractivity contribution is 9.12. The molecule has 1 saturated heterocycles. The number of esters is 2. The van der Waals surface area contributed by atoms with Crippen molar-refractivity contribution in [3.63, 3.8) is 0 Å². The van der Waals surface area contributed by atoms with E-state index in [1.807, 2.05) is 6.07 Å². The van der Waals surface area contributed by atoms with E-state index in [9.17, 15) is 24.0 Å². The van der Waals surface area contributed by atoms with E-state index in [-0.39, 0.29) is 61.6 Å². The molecular formula is C33H25Br2Cl2NO7. The summed E-state index contributed by atoms with van der Waals surface area (Å²) in [7, 11) is 0. The maximum Gasteiger partial charge on any atom is 0.343 e. The molecular weight excluding hydrogens is 753 g/mol. The first-order valence-corrected chi connectivity index (χ1v) is 16.8. The van der Waals surface area contributed by atoms with Gasteiger partial charge in [-0.15, -0.1) is 0 Å². The first-order valence-electron chi connectivity index (χ1n) is 14.2. The molecule has 8 nitrogen and oxygen atoms in total. The lowest BCUT2D eigenvalue weighted by Gasteiger charge is -2.28. The number of carbonyl (C=O) groups is 5. The van der Waals surface area contributed by atoms with E-state index in [1.54, 1.807) is 24.3 Å². The van der Waals surface area contributed by atoms with Gasteiger partial charge in [0.1, 0.15) is 11.8 Å². The van der Waals surface area contributed by atoms with Crippen molar-refractivity contribution in [1.82, 2.24) is 4.90 Å². The number of halogens is 4. The molecule has 45 heavy (non-hydrogen) atoms. The molecule has 6 rings (SSSR count). The molecule has 0 radical (unpaired) electrons. The number of fused-ring (bicyclic) bond motifs is 5.